The molecule has 1 fully saturated rings. The average molecular weight is 482 g/mol. The summed E-state index contributed by atoms with van der Waals surface area (Å²) in [6.45, 7) is -0.310. The third-order valence-corrected chi connectivity index (χ3v) is 6.07. The second-order valence-corrected chi connectivity index (χ2v) is 8.53. The highest BCUT2D eigenvalue weighted by atomic mass is 35.5. The van der Waals surface area contributed by atoms with Gasteiger partial charge in [0, 0.05) is 11.1 Å². The average Bonchev–Trinajstić information content (AvgIpc) is 3.07. The molecule has 33 heavy (non-hydrogen) atoms. The molecule has 1 aliphatic rings. The highest BCUT2D eigenvalue weighted by Gasteiger charge is 2.36. The number of hydrogen-bond acceptors (Lipinski definition) is 5. The van der Waals surface area contributed by atoms with Crippen LogP contribution >= 0.6 is 23.4 Å². The number of Topliss-reactive ketones (excluding diaryl/α,β-unsaturated/α-hetero) is 1. The van der Waals surface area contributed by atoms with Crippen LogP contribution in [0.25, 0.3) is 6.08 Å². The molecule has 0 spiro atoms. The summed E-state index contributed by atoms with van der Waals surface area (Å²) in [4.78, 5) is 38.5. The van der Waals surface area contributed by atoms with Crippen LogP contribution in [0.5, 0.6) is 5.75 Å². The molecule has 1 saturated heterocycles. The first-order valence-electron chi connectivity index (χ1n) is 9.92. The zero-order chi connectivity index (χ0) is 23.4. The van der Waals surface area contributed by atoms with Crippen LogP contribution in [-0.4, -0.2) is 28.4 Å². The Bertz CT molecular complexity index is 1260. The van der Waals surface area contributed by atoms with E-state index in [-0.39, 0.29) is 34.7 Å². The van der Waals surface area contributed by atoms with Crippen molar-refractivity contribution in [1.29, 1.82) is 0 Å². The van der Waals surface area contributed by atoms with Crippen LogP contribution in [0.1, 0.15) is 21.5 Å². The summed E-state index contributed by atoms with van der Waals surface area (Å²) < 4.78 is 19.4. The fourth-order valence-corrected chi connectivity index (χ4v) is 4.22. The molecule has 8 heteroatoms. The van der Waals surface area contributed by atoms with Crippen LogP contribution in [0.4, 0.5) is 9.18 Å². The van der Waals surface area contributed by atoms with Gasteiger partial charge in [0.25, 0.3) is 11.1 Å². The van der Waals surface area contributed by atoms with Crippen LogP contribution in [0.2, 0.25) is 5.02 Å². The van der Waals surface area contributed by atoms with Crippen molar-refractivity contribution in [3.8, 4) is 5.75 Å². The minimum Gasteiger partial charge on any atom is -0.487 e. The van der Waals surface area contributed by atoms with Gasteiger partial charge < -0.3 is 4.74 Å². The number of amides is 2. The maximum Gasteiger partial charge on any atom is 0.293 e. The summed E-state index contributed by atoms with van der Waals surface area (Å²) in [6.07, 6.45) is 1.53. The van der Waals surface area contributed by atoms with E-state index in [1.807, 2.05) is 0 Å². The molecule has 0 unspecified atom stereocenters. The lowest BCUT2D eigenvalue weighted by Crippen LogP contribution is -2.33. The molecule has 0 saturated carbocycles. The maximum absolute atomic E-state index is 13.8. The van der Waals surface area contributed by atoms with E-state index in [9.17, 15) is 18.8 Å². The monoisotopic (exact) mass is 481 g/mol. The summed E-state index contributed by atoms with van der Waals surface area (Å²) in [6, 6.07) is 19.6. The Morgan fingerprint density at radius 2 is 1.76 bits per heavy atom. The highest BCUT2D eigenvalue weighted by molar-refractivity contribution is 8.18. The van der Waals surface area contributed by atoms with Gasteiger partial charge in [-0.05, 0) is 41.6 Å². The Labute approximate surface area is 198 Å². The molecule has 0 aromatic heterocycles. The van der Waals surface area contributed by atoms with Crippen molar-refractivity contribution in [3.05, 3.63) is 105 Å². The summed E-state index contributed by atoms with van der Waals surface area (Å²) in [5, 5.41) is -0.231. The molecule has 166 valence electrons. The summed E-state index contributed by atoms with van der Waals surface area (Å²) in [7, 11) is 0. The first kappa shape index (κ1) is 22.8. The number of carbonyl (C=O) groups excluding carboxylic acids is 3. The molecule has 0 bridgehead atoms. The Hall–Kier alpha value is -3.42. The molecule has 0 aliphatic carbocycles. The minimum absolute atomic E-state index is 0.0140. The van der Waals surface area contributed by atoms with Crippen molar-refractivity contribution in [1.82, 2.24) is 4.90 Å². The molecule has 1 heterocycles. The van der Waals surface area contributed by atoms with Gasteiger partial charge in [0.15, 0.2) is 5.78 Å². The van der Waals surface area contributed by atoms with Gasteiger partial charge in [-0.3, -0.25) is 19.3 Å². The number of nitrogens with zero attached hydrogens (tertiary/aromatic N) is 1. The molecule has 4 rings (SSSR count). The predicted molar refractivity (Wildman–Crippen MR) is 126 cm³/mol. The number of benzene rings is 3. The fraction of sp³-hybridized carbons (Fsp3) is 0.0800. The first-order valence-corrected chi connectivity index (χ1v) is 11.1. The van der Waals surface area contributed by atoms with Crippen LogP contribution in [0.3, 0.4) is 0 Å². The molecule has 0 radical (unpaired) electrons. The normalized spacial score (nSPS) is 14.7. The Morgan fingerprint density at radius 3 is 2.48 bits per heavy atom. The van der Waals surface area contributed by atoms with E-state index in [1.54, 1.807) is 66.7 Å². The molecule has 5 nitrogen and oxygen atoms in total. The second-order valence-electron chi connectivity index (χ2n) is 7.13. The number of hydrogen-bond donors (Lipinski definition) is 0. The van der Waals surface area contributed by atoms with Crippen LogP contribution in [0.15, 0.2) is 77.7 Å². The number of thioether (sulfide) groups is 1. The van der Waals surface area contributed by atoms with Gasteiger partial charge in [0.2, 0.25) is 0 Å². The van der Waals surface area contributed by atoms with Gasteiger partial charge in [-0.1, -0.05) is 66.2 Å². The van der Waals surface area contributed by atoms with Crippen molar-refractivity contribution in [2.24, 2.45) is 0 Å². The topological polar surface area (TPSA) is 63.7 Å². The molecule has 0 atom stereocenters. The van der Waals surface area contributed by atoms with E-state index in [0.29, 0.717) is 22.4 Å². The number of rotatable bonds is 7. The van der Waals surface area contributed by atoms with E-state index < -0.39 is 11.1 Å². The van der Waals surface area contributed by atoms with Crippen molar-refractivity contribution >= 4 is 46.4 Å². The quantitative estimate of drug-likeness (QED) is 0.307. The van der Waals surface area contributed by atoms with E-state index in [2.05, 4.69) is 0 Å². The third kappa shape index (κ3) is 5.32. The largest absolute Gasteiger partial charge is 0.487 e. The number of imide groups is 1. The third-order valence-electron chi connectivity index (χ3n) is 4.87. The lowest BCUT2D eigenvalue weighted by molar-refractivity contribution is -0.122. The zero-order valence-electron chi connectivity index (χ0n) is 17.2. The van der Waals surface area contributed by atoms with E-state index in [1.165, 1.54) is 12.1 Å². The SMILES string of the molecule is O=C(CN1C(=O)SC(=Cc2ccc(OCc3ccccc3F)c(Cl)c2)C1=O)c1ccccc1. The molecule has 2 amide bonds. The maximum atomic E-state index is 13.8. The number of carbonyl (C=O) groups is 3. The molecular formula is C25H17ClFNO4S. The van der Waals surface area contributed by atoms with E-state index in [4.69, 9.17) is 16.3 Å². The first-order chi connectivity index (χ1) is 15.9. The molecule has 1 aliphatic heterocycles. The lowest BCUT2D eigenvalue weighted by atomic mass is 10.1. The summed E-state index contributed by atoms with van der Waals surface area (Å²) >= 11 is 7.05. The molecule has 0 N–H and O–H groups in total. The highest BCUT2D eigenvalue weighted by Crippen LogP contribution is 2.34. The number of ketones is 1. The summed E-state index contributed by atoms with van der Waals surface area (Å²) in [5.74, 6) is -0.867. The van der Waals surface area contributed by atoms with Gasteiger partial charge in [-0.2, -0.15) is 0 Å². The Morgan fingerprint density at radius 1 is 1.03 bits per heavy atom. The van der Waals surface area contributed by atoms with Gasteiger partial charge in [0.05, 0.1) is 16.5 Å². The van der Waals surface area contributed by atoms with Crippen molar-refractivity contribution in [2.75, 3.05) is 6.54 Å². The van der Waals surface area contributed by atoms with Crippen molar-refractivity contribution in [3.63, 3.8) is 0 Å². The van der Waals surface area contributed by atoms with Crippen LogP contribution < -0.4 is 4.74 Å². The molecule has 3 aromatic rings. The minimum atomic E-state index is -0.537. The van der Waals surface area contributed by atoms with Gasteiger partial charge in [-0.25, -0.2) is 4.39 Å². The van der Waals surface area contributed by atoms with Gasteiger partial charge in [0.1, 0.15) is 18.2 Å². The number of ether oxygens (including phenoxy) is 1. The molecular weight excluding hydrogens is 465 g/mol. The lowest BCUT2D eigenvalue weighted by Gasteiger charge is -2.11. The molecule has 3 aromatic carbocycles. The van der Waals surface area contributed by atoms with Crippen molar-refractivity contribution in [2.45, 2.75) is 6.61 Å². The van der Waals surface area contributed by atoms with Crippen molar-refractivity contribution < 1.29 is 23.5 Å². The smallest absolute Gasteiger partial charge is 0.293 e. The van der Waals surface area contributed by atoms with E-state index >= 15 is 0 Å². The van der Waals surface area contributed by atoms with Gasteiger partial charge in [-0.15, -0.1) is 0 Å². The number of halogens is 2. The second kappa shape index (κ2) is 10.0. The fourth-order valence-electron chi connectivity index (χ4n) is 3.14. The standard InChI is InChI=1S/C25H17ClFNO4S/c26-19-12-16(10-11-22(19)32-15-18-8-4-5-9-20(18)27)13-23-24(30)28(25(31)33-23)14-21(29)17-6-2-1-3-7-17/h1-13H,14-15H2. The Kier molecular flexibility index (Phi) is 6.91. The predicted octanol–water partition coefficient (Wildman–Crippen LogP) is 5.98. The Balaban J connectivity index is 1.44. The zero-order valence-corrected chi connectivity index (χ0v) is 18.7. The van der Waals surface area contributed by atoms with Crippen LogP contribution in [-0.2, 0) is 11.4 Å². The summed E-state index contributed by atoms with van der Waals surface area (Å²) in [5.41, 5.74) is 1.41. The van der Waals surface area contributed by atoms with Crippen LogP contribution in [0, 0.1) is 5.82 Å². The van der Waals surface area contributed by atoms with Gasteiger partial charge >= 0.3 is 0 Å². The van der Waals surface area contributed by atoms with E-state index in [0.717, 1.165) is 16.7 Å².